The zero-order valence-electron chi connectivity index (χ0n) is 17.3. The summed E-state index contributed by atoms with van der Waals surface area (Å²) < 4.78 is 5.34. The smallest absolute Gasteiger partial charge is 0.221 e. The van der Waals surface area contributed by atoms with Gasteiger partial charge in [-0.3, -0.25) is 9.69 Å². The Bertz CT molecular complexity index is 1040. The summed E-state index contributed by atoms with van der Waals surface area (Å²) in [7, 11) is 0. The van der Waals surface area contributed by atoms with Gasteiger partial charge in [-0.25, -0.2) is 9.97 Å². The molecule has 0 aliphatic carbocycles. The van der Waals surface area contributed by atoms with Crippen LogP contribution in [0.5, 0.6) is 0 Å². The second-order valence-corrected chi connectivity index (χ2v) is 7.78. The van der Waals surface area contributed by atoms with Crippen LogP contribution in [0.1, 0.15) is 6.42 Å². The molecule has 1 saturated heterocycles. The van der Waals surface area contributed by atoms with E-state index < -0.39 is 0 Å². The Morgan fingerprint density at radius 2 is 1.81 bits per heavy atom. The summed E-state index contributed by atoms with van der Waals surface area (Å²) in [5.74, 6) is 1.27. The fourth-order valence-corrected chi connectivity index (χ4v) is 3.76. The van der Waals surface area contributed by atoms with E-state index in [2.05, 4.69) is 20.5 Å². The highest BCUT2D eigenvalue weighted by Gasteiger charge is 2.13. The van der Waals surface area contributed by atoms with E-state index in [0.29, 0.717) is 36.2 Å². The van der Waals surface area contributed by atoms with Gasteiger partial charge in [-0.05, 0) is 24.3 Å². The van der Waals surface area contributed by atoms with Crippen LogP contribution in [0.3, 0.4) is 0 Å². The number of carbonyl (C=O) groups excluding carboxylic acids is 1. The van der Waals surface area contributed by atoms with Crippen molar-refractivity contribution in [2.45, 2.75) is 6.42 Å². The molecular weight excluding hydrogens is 414 g/mol. The summed E-state index contributed by atoms with van der Waals surface area (Å²) >= 11 is 6.35. The Hall–Kier alpha value is -2.74. The molecule has 8 heteroatoms. The van der Waals surface area contributed by atoms with Crippen LogP contribution in [0.4, 0.5) is 5.82 Å². The minimum Gasteiger partial charge on any atom is -0.379 e. The molecule has 2 N–H and O–H groups in total. The predicted molar refractivity (Wildman–Crippen MR) is 123 cm³/mol. The first-order valence-electron chi connectivity index (χ1n) is 10.5. The van der Waals surface area contributed by atoms with Crippen LogP contribution in [0, 0.1) is 0 Å². The second-order valence-electron chi connectivity index (χ2n) is 7.37. The van der Waals surface area contributed by atoms with Crippen molar-refractivity contribution < 1.29 is 9.53 Å². The molecule has 31 heavy (non-hydrogen) atoms. The number of amides is 1. The summed E-state index contributed by atoms with van der Waals surface area (Å²) in [6.45, 7) is 5.35. The van der Waals surface area contributed by atoms with Crippen LogP contribution in [0.15, 0.2) is 48.5 Å². The van der Waals surface area contributed by atoms with Gasteiger partial charge in [0.15, 0.2) is 5.82 Å². The lowest BCUT2D eigenvalue weighted by atomic mass is 10.2. The zero-order valence-corrected chi connectivity index (χ0v) is 18.1. The fourth-order valence-electron chi connectivity index (χ4n) is 3.54. The molecule has 0 bridgehead atoms. The number of fused-ring (bicyclic) bond motifs is 1. The maximum absolute atomic E-state index is 12.2. The van der Waals surface area contributed by atoms with E-state index in [-0.39, 0.29) is 5.91 Å². The topological polar surface area (TPSA) is 79.4 Å². The number of aromatic nitrogens is 2. The molecule has 1 aliphatic heterocycles. The van der Waals surface area contributed by atoms with E-state index in [0.717, 1.165) is 49.3 Å². The number of rotatable bonds is 8. The van der Waals surface area contributed by atoms with Crippen LogP contribution < -0.4 is 10.6 Å². The summed E-state index contributed by atoms with van der Waals surface area (Å²) in [5, 5.41) is 7.80. The van der Waals surface area contributed by atoms with Crippen LogP contribution in [-0.2, 0) is 9.53 Å². The number of nitrogens with one attached hydrogen (secondary N) is 2. The van der Waals surface area contributed by atoms with E-state index in [9.17, 15) is 4.79 Å². The number of benzene rings is 2. The molecule has 0 unspecified atom stereocenters. The molecule has 1 amide bonds. The summed E-state index contributed by atoms with van der Waals surface area (Å²) in [6, 6.07) is 15.3. The van der Waals surface area contributed by atoms with E-state index in [1.165, 1.54) is 0 Å². The number of halogens is 1. The first-order valence-corrected chi connectivity index (χ1v) is 10.9. The molecule has 0 radical (unpaired) electrons. The number of hydrogen-bond acceptors (Lipinski definition) is 6. The normalized spacial score (nSPS) is 14.5. The third-order valence-electron chi connectivity index (χ3n) is 5.22. The van der Waals surface area contributed by atoms with Crippen LogP contribution in [-0.4, -0.2) is 66.7 Å². The Morgan fingerprint density at radius 1 is 1.03 bits per heavy atom. The first-order chi connectivity index (χ1) is 15.2. The van der Waals surface area contributed by atoms with Crippen molar-refractivity contribution in [1.29, 1.82) is 0 Å². The van der Waals surface area contributed by atoms with Gasteiger partial charge in [-0.15, -0.1) is 0 Å². The lowest BCUT2D eigenvalue weighted by Crippen LogP contribution is -2.41. The molecule has 1 fully saturated rings. The average Bonchev–Trinajstić information content (AvgIpc) is 2.80. The molecule has 3 aromatic rings. The molecule has 1 aromatic heterocycles. The van der Waals surface area contributed by atoms with Crippen LogP contribution >= 0.6 is 11.6 Å². The number of nitrogens with zero attached hydrogens (tertiary/aromatic N) is 3. The Morgan fingerprint density at radius 3 is 2.65 bits per heavy atom. The Labute approximate surface area is 186 Å². The minimum atomic E-state index is 0.0189. The monoisotopic (exact) mass is 439 g/mol. The molecular formula is C23H26ClN5O2. The summed E-state index contributed by atoms with van der Waals surface area (Å²) in [4.78, 5) is 23.9. The van der Waals surface area contributed by atoms with Crippen LogP contribution in [0.2, 0.25) is 5.02 Å². The van der Waals surface area contributed by atoms with E-state index in [4.69, 9.17) is 21.3 Å². The zero-order chi connectivity index (χ0) is 21.5. The van der Waals surface area contributed by atoms with E-state index in [1.54, 1.807) is 0 Å². The average molecular weight is 440 g/mol. The molecule has 1 aliphatic rings. The Kier molecular flexibility index (Phi) is 7.30. The lowest BCUT2D eigenvalue weighted by Gasteiger charge is -2.26. The standard InChI is InChI=1S/C23H26ClN5O2/c24-19-7-3-1-5-17(19)23-27-20-8-4-2-6-18(20)22(28-23)26-10-9-21(30)25-11-12-29-13-15-31-16-14-29/h1-8H,9-16H2,(H,25,30)(H,26,27,28). The van der Waals surface area contributed by atoms with Crippen molar-refractivity contribution in [2.75, 3.05) is 51.3 Å². The largest absolute Gasteiger partial charge is 0.379 e. The number of morpholine rings is 1. The molecule has 0 atom stereocenters. The molecule has 2 aromatic carbocycles. The van der Waals surface area contributed by atoms with Crippen molar-refractivity contribution in [2.24, 2.45) is 0 Å². The SMILES string of the molecule is O=C(CCNc1nc(-c2ccccc2Cl)nc2ccccc12)NCCN1CCOCC1. The highest BCUT2D eigenvalue weighted by molar-refractivity contribution is 6.33. The number of anilines is 1. The van der Waals surface area contributed by atoms with Crippen molar-refractivity contribution in [3.05, 3.63) is 53.6 Å². The molecule has 0 saturated carbocycles. The number of carbonyl (C=O) groups is 1. The number of para-hydroxylation sites is 1. The second kappa shape index (κ2) is 10.5. The summed E-state index contributed by atoms with van der Waals surface area (Å²) in [6.07, 6.45) is 0.364. The molecule has 2 heterocycles. The third-order valence-corrected chi connectivity index (χ3v) is 5.55. The highest BCUT2D eigenvalue weighted by Crippen LogP contribution is 2.29. The Balaban J connectivity index is 1.37. The van der Waals surface area contributed by atoms with Gasteiger partial charge in [0.25, 0.3) is 0 Å². The number of ether oxygens (including phenoxy) is 1. The predicted octanol–water partition coefficient (Wildman–Crippen LogP) is 3.20. The minimum absolute atomic E-state index is 0.0189. The maximum Gasteiger partial charge on any atom is 0.221 e. The van der Waals surface area contributed by atoms with Gasteiger partial charge in [-0.1, -0.05) is 35.9 Å². The van der Waals surface area contributed by atoms with Gasteiger partial charge in [-0.2, -0.15) is 0 Å². The van der Waals surface area contributed by atoms with Gasteiger partial charge >= 0.3 is 0 Å². The van der Waals surface area contributed by atoms with Gasteiger partial charge in [0.05, 0.1) is 23.8 Å². The van der Waals surface area contributed by atoms with Gasteiger partial charge in [0.1, 0.15) is 5.82 Å². The van der Waals surface area contributed by atoms with Crippen LogP contribution in [0.25, 0.3) is 22.3 Å². The molecule has 7 nitrogen and oxygen atoms in total. The van der Waals surface area contributed by atoms with Crippen molar-refractivity contribution in [3.63, 3.8) is 0 Å². The molecule has 162 valence electrons. The highest BCUT2D eigenvalue weighted by atomic mass is 35.5. The molecule has 4 rings (SSSR count). The lowest BCUT2D eigenvalue weighted by molar-refractivity contribution is -0.120. The molecule has 0 spiro atoms. The fraction of sp³-hybridized carbons (Fsp3) is 0.348. The van der Waals surface area contributed by atoms with Crippen molar-refractivity contribution >= 4 is 34.2 Å². The first kappa shape index (κ1) is 21.5. The van der Waals surface area contributed by atoms with Gasteiger partial charge < -0.3 is 15.4 Å². The quantitative estimate of drug-likeness (QED) is 0.561. The number of hydrogen-bond donors (Lipinski definition) is 2. The van der Waals surface area contributed by atoms with E-state index in [1.807, 2.05) is 48.5 Å². The summed E-state index contributed by atoms with van der Waals surface area (Å²) in [5.41, 5.74) is 1.60. The third kappa shape index (κ3) is 5.70. The van der Waals surface area contributed by atoms with Gasteiger partial charge in [0.2, 0.25) is 5.91 Å². The maximum atomic E-state index is 12.2. The van der Waals surface area contributed by atoms with Crippen molar-refractivity contribution in [3.8, 4) is 11.4 Å². The van der Waals surface area contributed by atoms with Crippen molar-refractivity contribution in [1.82, 2.24) is 20.2 Å². The van der Waals surface area contributed by atoms with E-state index >= 15 is 0 Å². The van der Waals surface area contributed by atoms with Gasteiger partial charge in [0, 0.05) is 50.1 Å².